The van der Waals surface area contributed by atoms with Crippen molar-refractivity contribution in [3.8, 4) is 0 Å². The van der Waals surface area contributed by atoms with Gasteiger partial charge in [0.25, 0.3) is 0 Å². The summed E-state index contributed by atoms with van der Waals surface area (Å²) < 4.78 is 28.6. The van der Waals surface area contributed by atoms with Crippen LogP contribution in [0.15, 0.2) is 65.7 Å². The maximum absolute atomic E-state index is 13.5. The first-order chi connectivity index (χ1) is 15.6. The molecule has 33 heavy (non-hydrogen) atoms. The number of halogens is 4. The standard InChI is InChI=1S/C24H24Cl4N2O2S/c1-24(10-2-3-20(27)14-24)16-33(31,32)29-11-12-30(22-9-8-19(26)13-21(22)28)23(15-29)17-4-6-18(25)7-5-17/h2-9,13-14,23H,10-12,15-16H2,1H3. The Morgan fingerprint density at radius 1 is 1.00 bits per heavy atom. The molecule has 4 rings (SSSR count). The Labute approximate surface area is 215 Å². The summed E-state index contributed by atoms with van der Waals surface area (Å²) >= 11 is 24.9. The zero-order valence-corrected chi connectivity index (χ0v) is 21.9. The second kappa shape index (κ2) is 9.80. The van der Waals surface area contributed by atoms with Crippen molar-refractivity contribution in [2.24, 2.45) is 5.41 Å². The summed E-state index contributed by atoms with van der Waals surface area (Å²) in [6.45, 7) is 3.07. The highest BCUT2D eigenvalue weighted by Gasteiger charge is 2.38. The third-order valence-corrected chi connectivity index (χ3v) is 9.24. The van der Waals surface area contributed by atoms with Gasteiger partial charge in [-0.25, -0.2) is 8.42 Å². The van der Waals surface area contributed by atoms with Crippen molar-refractivity contribution in [1.29, 1.82) is 0 Å². The summed E-state index contributed by atoms with van der Waals surface area (Å²) in [5.74, 6) is -0.00437. The second-order valence-corrected chi connectivity index (χ2v) is 12.4. The average molecular weight is 546 g/mol. The van der Waals surface area contributed by atoms with Gasteiger partial charge in [0.15, 0.2) is 0 Å². The zero-order valence-electron chi connectivity index (χ0n) is 18.0. The van der Waals surface area contributed by atoms with Crippen molar-refractivity contribution in [1.82, 2.24) is 4.31 Å². The summed E-state index contributed by atoms with van der Waals surface area (Å²) in [5, 5.41) is 2.27. The highest BCUT2D eigenvalue weighted by Crippen LogP contribution is 2.39. The highest BCUT2D eigenvalue weighted by molar-refractivity contribution is 7.89. The molecule has 0 amide bonds. The number of anilines is 1. The summed E-state index contributed by atoms with van der Waals surface area (Å²) in [7, 11) is -3.55. The van der Waals surface area contributed by atoms with Crippen LogP contribution >= 0.6 is 46.4 Å². The van der Waals surface area contributed by atoms with Crippen LogP contribution in [0, 0.1) is 5.41 Å². The lowest BCUT2D eigenvalue weighted by molar-refractivity contribution is 0.329. The van der Waals surface area contributed by atoms with Gasteiger partial charge in [0.05, 0.1) is 22.5 Å². The SMILES string of the molecule is CC1(CS(=O)(=O)N2CCN(c3ccc(Cl)cc3Cl)C(c3ccc(Cl)cc3)C2)C=C(Cl)C=CC1. The van der Waals surface area contributed by atoms with E-state index in [4.69, 9.17) is 46.4 Å². The van der Waals surface area contributed by atoms with Gasteiger partial charge in [-0.1, -0.05) is 77.6 Å². The molecule has 1 aliphatic carbocycles. The molecule has 2 aromatic rings. The van der Waals surface area contributed by atoms with Crippen LogP contribution in [0.4, 0.5) is 5.69 Å². The van der Waals surface area contributed by atoms with Crippen molar-refractivity contribution in [3.05, 3.63) is 86.4 Å². The van der Waals surface area contributed by atoms with Gasteiger partial charge >= 0.3 is 0 Å². The van der Waals surface area contributed by atoms with Gasteiger partial charge in [-0.05, 0) is 48.4 Å². The fraction of sp³-hybridized carbons (Fsp3) is 0.333. The largest absolute Gasteiger partial charge is 0.361 e. The Morgan fingerprint density at radius 3 is 2.36 bits per heavy atom. The van der Waals surface area contributed by atoms with Crippen LogP contribution in [0.2, 0.25) is 15.1 Å². The zero-order chi connectivity index (χ0) is 23.8. The number of hydrogen-bond acceptors (Lipinski definition) is 3. The van der Waals surface area contributed by atoms with Gasteiger partial charge in [0.1, 0.15) is 0 Å². The molecule has 0 N–H and O–H groups in total. The first-order valence-corrected chi connectivity index (χ1v) is 13.7. The first-order valence-electron chi connectivity index (χ1n) is 10.6. The predicted octanol–water partition coefficient (Wildman–Crippen LogP) is 6.93. The van der Waals surface area contributed by atoms with E-state index in [0.717, 1.165) is 11.3 Å². The summed E-state index contributed by atoms with van der Waals surface area (Å²) in [6.07, 6.45) is 6.20. The van der Waals surface area contributed by atoms with E-state index in [2.05, 4.69) is 4.90 Å². The Kier molecular flexibility index (Phi) is 7.40. The molecule has 2 unspecified atom stereocenters. The number of nitrogens with zero attached hydrogens (tertiary/aromatic N) is 2. The van der Waals surface area contributed by atoms with Crippen molar-refractivity contribution < 1.29 is 8.42 Å². The van der Waals surface area contributed by atoms with Gasteiger partial charge in [0, 0.05) is 40.1 Å². The van der Waals surface area contributed by atoms with Crippen LogP contribution in [0.25, 0.3) is 0 Å². The second-order valence-electron chi connectivity index (χ2n) is 8.76. The smallest absolute Gasteiger partial charge is 0.215 e. The molecular weight excluding hydrogens is 522 g/mol. The minimum Gasteiger partial charge on any atom is -0.361 e. The van der Waals surface area contributed by atoms with Crippen LogP contribution in [0.3, 0.4) is 0 Å². The minimum atomic E-state index is -3.55. The summed E-state index contributed by atoms with van der Waals surface area (Å²) in [6, 6.07) is 12.6. The number of rotatable bonds is 5. The molecule has 0 saturated carbocycles. The van der Waals surface area contributed by atoms with Crippen LogP contribution in [0.1, 0.15) is 24.9 Å². The predicted molar refractivity (Wildman–Crippen MR) is 139 cm³/mol. The van der Waals surface area contributed by atoms with E-state index in [1.54, 1.807) is 22.5 Å². The monoisotopic (exact) mass is 544 g/mol. The normalized spacial score (nSPS) is 24.1. The highest BCUT2D eigenvalue weighted by atomic mass is 35.5. The van der Waals surface area contributed by atoms with Gasteiger partial charge in [-0.2, -0.15) is 4.31 Å². The number of piperazine rings is 1. The molecule has 176 valence electrons. The average Bonchev–Trinajstić information content (AvgIpc) is 2.73. The maximum Gasteiger partial charge on any atom is 0.215 e. The molecule has 1 heterocycles. The Balaban J connectivity index is 1.64. The van der Waals surface area contributed by atoms with Gasteiger partial charge in [-0.3, -0.25) is 0 Å². The van der Waals surface area contributed by atoms with Crippen LogP contribution < -0.4 is 4.90 Å². The number of sulfonamides is 1. The molecule has 2 aliphatic rings. The van der Waals surface area contributed by atoms with Crippen LogP contribution in [-0.2, 0) is 10.0 Å². The number of hydrogen-bond donors (Lipinski definition) is 0. The molecule has 1 saturated heterocycles. The maximum atomic E-state index is 13.5. The Morgan fingerprint density at radius 2 is 1.70 bits per heavy atom. The molecule has 2 atom stereocenters. The third-order valence-electron chi connectivity index (χ3n) is 6.07. The molecular formula is C24H24Cl4N2O2S. The molecule has 1 fully saturated rings. The van der Waals surface area contributed by atoms with E-state index in [-0.39, 0.29) is 11.8 Å². The van der Waals surface area contributed by atoms with Crippen molar-refractivity contribution >= 4 is 62.1 Å². The van der Waals surface area contributed by atoms with Crippen LogP contribution in [-0.4, -0.2) is 38.1 Å². The minimum absolute atomic E-state index is 0.00437. The molecule has 9 heteroatoms. The fourth-order valence-corrected chi connectivity index (χ4v) is 7.41. The first kappa shape index (κ1) is 24.9. The Hall–Kier alpha value is -1.21. The lowest BCUT2D eigenvalue weighted by atomic mass is 9.86. The third kappa shape index (κ3) is 5.72. The van der Waals surface area contributed by atoms with E-state index in [1.165, 1.54) is 0 Å². The lowest BCUT2D eigenvalue weighted by Crippen LogP contribution is -2.52. The molecule has 2 aromatic carbocycles. The number of allylic oxidation sites excluding steroid dienone is 4. The van der Waals surface area contributed by atoms with E-state index in [0.29, 0.717) is 46.2 Å². The van der Waals surface area contributed by atoms with Crippen LogP contribution in [0.5, 0.6) is 0 Å². The van der Waals surface area contributed by atoms with Crippen molar-refractivity contribution in [3.63, 3.8) is 0 Å². The van der Waals surface area contributed by atoms with E-state index in [1.807, 2.05) is 49.4 Å². The van der Waals surface area contributed by atoms with Gasteiger partial charge < -0.3 is 4.90 Å². The lowest BCUT2D eigenvalue weighted by Gasteiger charge is -2.43. The fourth-order valence-electron chi connectivity index (χ4n) is 4.47. The quantitative estimate of drug-likeness (QED) is 0.409. The van der Waals surface area contributed by atoms with Crippen molar-refractivity contribution in [2.45, 2.75) is 19.4 Å². The summed E-state index contributed by atoms with van der Waals surface area (Å²) in [5.41, 5.74) is 1.23. The van der Waals surface area contributed by atoms with E-state index >= 15 is 0 Å². The summed E-state index contributed by atoms with van der Waals surface area (Å²) in [4.78, 5) is 2.13. The molecule has 0 bridgehead atoms. The van der Waals surface area contributed by atoms with E-state index < -0.39 is 15.4 Å². The van der Waals surface area contributed by atoms with Gasteiger partial charge in [-0.15, -0.1) is 0 Å². The molecule has 4 nitrogen and oxygen atoms in total. The van der Waals surface area contributed by atoms with E-state index in [9.17, 15) is 8.42 Å². The number of benzene rings is 2. The van der Waals surface area contributed by atoms with Crippen molar-refractivity contribution in [2.75, 3.05) is 30.3 Å². The molecule has 0 radical (unpaired) electrons. The topological polar surface area (TPSA) is 40.6 Å². The van der Waals surface area contributed by atoms with Gasteiger partial charge in [0.2, 0.25) is 10.0 Å². The Bertz CT molecular complexity index is 1200. The molecule has 0 aromatic heterocycles. The molecule has 0 spiro atoms. The molecule has 1 aliphatic heterocycles.